The predicted molar refractivity (Wildman–Crippen MR) is 147 cm³/mol. The molecule has 0 saturated heterocycles. The van der Waals surface area contributed by atoms with Gasteiger partial charge in [0.1, 0.15) is 6.61 Å². The van der Waals surface area contributed by atoms with Gasteiger partial charge in [-0.2, -0.15) is 0 Å². The molecule has 0 heterocycles. The predicted octanol–water partition coefficient (Wildman–Crippen LogP) is 5.42. The van der Waals surface area contributed by atoms with Crippen molar-refractivity contribution in [2.75, 3.05) is 19.5 Å². The van der Waals surface area contributed by atoms with Crippen molar-refractivity contribution in [1.29, 1.82) is 0 Å². The molecule has 0 aliphatic heterocycles. The van der Waals surface area contributed by atoms with Crippen LogP contribution >= 0.6 is 11.8 Å². The molecule has 6 heteroatoms. The van der Waals surface area contributed by atoms with Crippen LogP contribution in [0.25, 0.3) is 0 Å². The van der Waals surface area contributed by atoms with E-state index in [2.05, 4.69) is 49.3 Å². The van der Waals surface area contributed by atoms with Crippen LogP contribution in [-0.4, -0.2) is 42.1 Å². The van der Waals surface area contributed by atoms with E-state index in [1.54, 1.807) is 11.8 Å². The maximum atomic E-state index is 13.9. The molecule has 200 valence electrons. The van der Waals surface area contributed by atoms with E-state index >= 15 is 0 Å². The molecule has 2 saturated carbocycles. The fourth-order valence-corrected chi connectivity index (χ4v) is 8.45. The number of esters is 1. The number of ketones is 2. The summed E-state index contributed by atoms with van der Waals surface area (Å²) in [4.78, 5) is 39.0. The third kappa shape index (κ3) is 4.38. The van der Waals surface area contributed by atoms with Crippen molar-refractivity contribution in [3.8, 4) is 11.8 Å². The quantitative estimate of drug-likeness (QED) is 0.310. The van der Waals surface area contributed by atoms with E-state index in [9.17, 15) is 19.5 Å². The lowest BCUT2D eigenvalue weighted by Crippen LogP contribution is -2.51. The zero-order valence-corrected chi connectivity index (χ0v) is 23.3. The van der Waals surface area contributed by atoms with Gasteiger partial charge in [-0.25, -0.2) is 0 Å². The van der Waals surface area contributed by atoms with Gasteiger partial charge >= 0.3 is 5.97 Å². The first-order valence-electron chi connectivity index (χ1n) is 13.6. The molecule has 5 atom stereocenters. The van der Waals surface area contributed by atoms with E-state index in [4.69, 9.17) is 4.74 Å². The number of aliphatic hydroxyl groups is 1. The molecular weight excluding hydrogens is 496 g/mol. The minimum Gasteiger partial charge on any atom is -0.458 e. The Morgan fingerprint density at radius 2 is 1.92 bits per heavy atom. The monoisotopic (exact) mass is 532 g/mol. The highest BCUT2D eigenvalue weighted by atomic mass is 32.2. The Morgan fingerprint density at radius 3 is 2.61 bits per heavy atom. The normalized spacial score (nSPS) is 31.8. The van der Waals surface area contributed by atoms with Gasteiger partial charge in [0.2, 0.25) is 0 Å². The van der Waals surface area contributed by atoms with Gasteiger partial charge in [0.25, 0.3) is 0 Å². The summed E-state index contributed by atoms with van der Waals surface area (Å²) in [6.07, 6.45) is 9.34. The molecule has 0 radical (unpaired) electrons. The van der Waals surface area contributed by atoms with Gasteiger partial charge in [-0.1, -0.05) is 36.5 Å². The van der Waals surface area contributed by atoms with E-state index in [1.165, 1.54) is 34.1 Å². The van der Waals surface area contributed by atoms with Crippen LogP contribution in [0.3, 0.4) is 0 Å². The molecule has 1 aromatic rings. The van der Waals surface area contributed by atoms with Crippen LogP contribution in [0, 0.1) is 34.5 Å². The maximum Gasteiger partial charge on any atom is 0.303 e. The molecule has 0 bridgehead atoms. The molecule has 38 heavy (non-hydrogen) atoms. The first-order valence-corrected chi connectivity index (χ1v) is 14.8. The van der Waals surface area contributed by atoms with Crippen LogP contribution in [0.5, 0.6) is 0 Å². The van der Waals surface area contributed by atoms with Crippen LogP contribution in [-0.2, 0) is 19.1 Å². The largest absolute Gasteiger partial charge is 0.458 e. The number of carbonyl (C=O) groups excluding carboxylic acids is 3. The molecule has 1 N–H and O–H groups in total. The number of thioether (sulfide) groups is 1. The van der Waals surface area contributed by atoms with Gasteiger partial charge in [0, 0.05) is 24.2 Å². The lowest BCUT2D eigenvalue weighted by Gasteiger charge is -2.54. The minimum absolute atomic E-state index is 0.110. The van der Waals surface area contributed by atoms with E-state index in [1.807, 2.05) is 6.08 Å². The second-order valence-electron chi connectivity index (χ2n) is 11.4. The number of hydrogen-bond donors (Lipinski definition) is 1. The van der Waals surface area contributed by atoms with Crippen LogP contribution in [0.2, 0.25) is 0 Å². The highest BCUT2D eigenvalue weighted by Crippen LogP contribution is 2.69. The van der Waals surface area contributed by atoms with Gasteiger partial charge in [-0.05, 0) is 96.9 Å². The minimum atomic E-state index is -0.984. The van der Waals surface area contributed by atoms with Crippen LogP contribution in [0.1, 0.15) is 70.3 Å². The Kier molecular flexibility index (Phi) is 7.46. The summed E-state index contributed by atoms with van der Waals surface area (Å²) in [5.74, 6) is 6.32. The number of rotatable bonds is 5. The second kappa shape index (κ2) is 10.5. The van der Waals surface area contributed by atoms with Crippen molar-refractivity contribution < 1.29 is 24.2 Å². The molecule has 2 fully saturated rings. The fraction of sp³-hybridized carbons (Fsp3) is 0.531. The number of ether oxygens (including phenoxy) is 1. The lowest BCUT2D eigenvalue weighted by atomic mass is 9.48. The molecule has 0 aromatic heterocycles. The molecule has 0 spiro atoms. The van der Waals surface area contributed by atoms with Crippen LogP contribution < -0.4 is 0 Å². The topological polar surface area (TPSA) is 80.7 Å². The van der Waals surface area contributed by atoms with E-state index in [-0.39, 0.29) is 36.6 Å². The highest BCUT2D eigenvalue weighted by molar-refractivity contribution is 7.98. The zero-order valence-electron chi connectivity index (χ0n) is 22.5. The van der Waals surface area contributed by atoms with E-state index in [0.29, 0.717) is 18.8 Å². The average molecular weight is 533 g/mol. The number of hydrogen-bond acceptors (Lipinski definition) is 6. The molecule has 5 nitrogen and oxygen atoms in total. The second-order valence-corrected chi connectivity index (χ2v) is 12.3. The third-order valence-corrected chi connectivity index (χ3v) is 10.5. The van der Waals surface area contributed by atoms with Crippen molar-refractivity contribution in [3.63, 3.8) is 0 Å². The molecule has 0 amide bonds. The molecule has 5 rings (SSSR count). The first kappa shape index (κ1) is 27.0. The number of allylic oxidation sites excluding steroid dienone is 4. The Labute approximate surface area is 229 Å². The fourth-order valence-electron chi connectivity index (χ4n) is 8.04. The van der Waals surface area contributed by atoms with Gasteiger partial charge in [0.05, 0.1) is 5.41 Å². The molecular formula is C32H36O5S. The zero-order chi connectivity index (χ0) is 27.1. The Hall–Kier alpha value is -2.62. The Balaban J connectivity index is 1.66. The molecule has 1 aromatic carbocycles. The molecule has 4 aliphatic rings. The Bertz CT molecular complexity index is 1280. The summed E-state index contributed by atoms with van der Waals surface area (Å²) in [6.45, 7) is 2.92. The van der Waals surface area contributed by atoms with Crippen molar-refractivity contribution >= 4 is 29.3 Å². The van der Waals surface area contributed by atoms with Crippen molar-refractivity contribution in [2.45, 2.75) is 69.6 Å². The van der Waals surface area contributed by atoms with Crippen molar-refractivity contribution in [1.82, 2.24) is 0 Å². The van der Waals surface area contributed by atoms with Gasteiger partial charge in [0.15, 0.2) is 18.2 Å². The number of Topliss-reactive ketones (excluding diaryl/α,β-unsaturated/α-hetero) is 1. The maximum absolute atomic E-state index is 13.9. The molecule has 0 unspecified atom stereocenters. The summed E-state index contributed by atoms with van der Waals surface area (Å²) in [5.41, 5.74) is 3.84. The van der Waals surface area contributed by atoms with Crippen molar-refractivity contribution in [2.24, 2.45) is 22.7 Å². The van der Waals surface area contributed by atoms with Gasteiger partial charge in [-0.3, -0.25) is 14.4 Å². The Morgan fingerprint density at radius 1 is 1.16 bits per heavy atom. The summed E-state index contributed by atoms with van der Waals surface area (Å²) in [5, 5.41) is 9.63. The molecule has 4 aliphatic carbocycles. The highest BCUT2D eigenvalue weighted by Gasteiger charge is 2.65. The standard InChI is InChI=1S/C32H36O5S/c1-20(34)37-19-29(36)32(14-4-16-33)15-13-28-26-11-7-22-17-23(35)8-12-25(22)30(26)27(18-31(28,32)2)21-5-9-24(38-3)10-6-21/h5-6,9-10,17,26-28,33H,7-8,11-13,15-16,18-19H2,1-3H3/t26-,27+,28-,31-,32+/m0/s1. The number of aliphatic hydroxyl groups excluding tert-OH is 1. The SMILES string of the molecule is CSc1ccc([C@H]2C[C@@]3(C)[C@@H](CC[C@]3(C#CCO)C(=O)COC(C)=O)[C@@H]3CCC4=CC(=O)CCC4=C32)cc1. The van der Waals surface area contributed by atoms with E-state index < -0.39 is 16.8 Å². The van der Waals surface area contributed by atoms with E-state index in [0.717, 1.165) is 32.1 Å². The number of benzene rings is 1. The van der Waals surface area contributed by atoms with Crippen molar-refractivity contribution in [3.05, 3.63) is 52.6 Å². The third-order valence-electron chi connectivity index (χ3n) is 9.71. The first-order chi connectivity index (χ1) is 18.2. The van der Waals surface area contributed by atoms with Crippen LogP contribution in [0.4, 0.5) is 0 Å². The summed E-state index contributed by atoms with van der Waals surface area (Å²) in [6, 6.07) is 8.76. The lowest BCUT2D eigenvalue weighted by molar-refractivity contribution is -0.150. The van der Waals surface area contributed by atoms with Gasteiger partial charge in [-0.15, -0.1) is 11.8 Å². The smallest absolute Gasteiger partial charge is 0.303 e. The van der Waals surface area contributed by atoms with Crippen LogP contribution in [0.15, 0.2) is 52.0 Å². The number of fused-ring (bicyclic) bond motifs is 4. The van der Waals surface area contributed by atoms with Gasteiger partial charge < -0.3 is 9.84 Å². The average Bonchev–Trinajstić information content (AvgIpc) is 3.22. The summed E-state index contributed by atoms with van der Waals surface area (Å²) in [7, 11) is 0. The summed E-state index contributed by atoms with van der Waals surface area (Å²) < 4.78 is 5.20. The number of carbonyl (C=O) groups is 3. The summed E-state index contributed by atoms with van der Waals surface area (Å²) >= 11 is 1.71.